The van der Waals surface area contributed by atoms with Crippen LogP contribution in [0.15, 0.2) is 18.3 Å². The largest absolute Gasteiger partial charge is 0.367 e. The molecule has 0 spiro atoms. The Labute approximate surface area is 91.3 Å². The van der Waals surface area contributed by atoms with E-state index in [1.54, 1.807) is 0 Å². The molecular weight excluding hydrogens is 184 g/mol. The average Bonchev–Trinajstić information content (AvgIpc) is 2.77. The van der Waals surface area contributed by atoms with Gasteiger partial charge in [-0.2, -0.15) is 0 Å². The molecule has 1 aromatic heterocycles. The van der Waals surface area contributed by atoms with Gasteiger partial charge in [-0.15, -0.1) is 0 Å². The van der Waals surface area contributed by atoms with E-state index in [-0.39, 0.29) is 0 Å². The molecule has 0 radical (unpaired) electrons. The molecule has 2 heterocycles. The van der Waals surface area contributed by atoms with Crippen molar-refractivity contribution in [3.63, 3.8) is 0 Å². The van der Waals surface area contributed by atoms with E-state index in [4.69, 9.17) is 0 Å². The van der Waals surface area contributed by atoms with Crippen LogP contribution >= 0.6 is 0 Å². The third-order valence-corrected chi connectivity index (χ3v) is 4.02. The maximum absolute atomic E-state index is 4.39. The third-order valence-electron chi connectivity index (χ3n) is 4.02. The highest BCUT2D eigenvalue weighted by Gasteiger charge is 2.42. The van der Waals surface area contributed by atoms with Crippen molar-refractivity contribution < 1.29 is 0 Å². The number of hydrogen-bond acceptors (Lipinski definition) is 2. The molecule has 1 saturated carbocycles. The molecule has 2 fully saturated rings. The van der Waals surface area contributed by atoms with Crippen molar-refractivity contribution in [1.29, 1.82) is 0 Å². The van der Waals surface area contributed by atoms with Crippen LogP contribution in [0.25, 0.3) is 0 Å². The molecule has 80 valence electrons. The van der Waals surface area contributed by atoms with Gasteiger partial charge in [-0.1, -0.05) is 6.92 Å². The zero-order valence-corrected chi connectivity index (χ0v) is 9.48. The Morgan fingerprint density at radius 1 is 1.33 bits per heavy atom. The lowest BCUT2D eigenvalue weighted by molar-refractivity contribution is 0.434. The molecule has 3 rings (SSSR count). The molecule has 2 bridgehead atoms. The topological polar surface area (TPSA) is 16.1 Å². The second-order valence-electron chi connectivity index (χ2n) is 5.19. The van der Waals surface area contributed by atoms with Gasteiger partial charge in [-0.3, -0.25) is 4.98 Å². The molecule has 3 unspecified atom stereocenters. The van der Waals surface area contributed by atoms with Gasteiger partial charge < -0.3 is 4.90 Å². The Bertz CT molecular complexity index is 357. The molecule has 1 aliphatic carbocycles. The molecule has 15 heavy (non-hydrogen) atoms. The third kappa shape index (κ3) is 1.43. The lowest BCUT2D eigenvalue weighted by atomic mass is 10.00. The van der Waals surface area contributed by atoms with Crippen molar-refractivity contribution in [2.24, 2.45) is 11.8 Å². The van der Waals surface area contributed by atoms with E-state index < -0.39 is 0 Å². The number of pyridine rings is 1. The van der Waals surface area contributed by atoms with Gasteiger partial charge in [0.25, 0.3) is 0 Å². The van der Waals surface area contributed by atoms with Crippen molar-refractivity contribution in [1.82, 2.24) is 4.98 Å². The van der Waals surface area contributed by atoms with Gasteiger partial charge in [-0.25, -0.2) is 0 Å². The van der Waals surface area contributed by atoms with Crippen molar-refractivity contribution in [3.05, 3.63) is 24.0 Å². The summed E-state index contributed by atoms with van der Waals surface area (Å²) >= 11 is 0. The predicted octanol–water partition coefficient (Wildman–Crippen LogP) is 2.62. The summed E-state index contributed by atoms with van der Waals surface area (Å²) in [5, 5.41) is 0. The molecule has 1 aliphatic heterocycles. The van der Waals surface area contributed by atoms with E-state index >= 15 is 0 Å². The molecule has 1 aromatic rings. The molecule has 1 saturated heterocycles. The fourth-order valence-corrected chi connectivity index (χ4v) is 3.28. The van der Waals surface area contributed by atoms with Gasteiger partial charge >= 0.3 is 0 Å². The molecule has 0 N–H and O–H groups in total. The van der Waals surface area contributed by atoms with Gasteiger partial charge in [0.05, 0.1) is 11.9 Å². The van der Waals surface area contributed by atoms with E-state index in [9.17, 15) is 0 Å². The predicted molar refractivity (Wildman–Crippen MR) is 62.0 cm³/mol. The van der Waals surface area contributed by atoms with Crippen molar-refractivity contribution in [2.45, 2.75) is 32.7 Å². The van der Waals surface area contributed by atoms with Crippen molar-refractivity contribution in [3.8, 4) is 0 Å². The summed E-state index contributed by atoms with van der Waals surface area (Å²) in [4.78, 5) is 6.95. The number of hydrogen-bond donors (Lipinski definition) is 0. The van der Waals surface area contributed by atoms with Crippen molar-refractivity contribution in [2.75, 3.05) is 11.4 Å². The normalized spacial score (nSPS) is 33.7. The Hall–Kier alpha value is -1.05. The highest BCUT2D eigenvalue weighted by Crippen LogP contribution is 2.43. The van der Waals surface area contributed by atoms with E-state index in [1.807, 2.05) is 13.1 Å². The number of rotatable bonds is 1. The second-order valence-corrected chi connectivity index (χ2v) is 5.19. The van der Waals surface area contributed by atoms with Crippen LogP contribution in [0.3, 0.4) is 0 Å². The number of aromatic nitrogens is 1. The maximum atomic E-state index is 4.39. The molecule has 0 amide bonds. The zero-order chi connectivity index (χ0) is 10.4. The van der Waals surface area contributed by atoms with Gasteiger partial charge in [0.1, 0.15) is 0 Å². The van der Waals surface area contributed by atoms with Crippen LogP contribution in [0.5, 0.6) is 0 Å². The summed E-state index contributed by atoms with van der Waals surface area (Å²) < 4.78 is 0. The van der Waals surface area contributed by atoms with Crippen LogP contribution in [-0.4, -0.2) is 17.6 Å². The summed E-state index contributed by atoms with van der Waals surface area (Å²) in [5.74, 6) is 1.80. The Balaban J connectivity index is 1.86. The summed E-state index contributed by atoms with van der Waals surface area (Å²) in [6, 6.07) is 5.11. The molecule has 3 atom stereocenters. The summed E-state index contributed by atoms with van der Waals surface area (Å²) in [6.45, 7) is 5.68. The monoisotopic (exact) mass is 202 g/mol. The Kier molecular flexibility index (Phi) is 1.98. The lowest BCUT2D eigenvalue weighted by Gasteiger charge is -2.33. The summed E-state index contributed by atoms with van der Waals surface area (Å²) in [5.41, 5.74) is 2.43. The minimum atomic E-state index is 0.777. The van der Waals surface area contributed by atoms with E-state index in [1.165, 1.54) is 25.1 Å². The number of aryl methyl sites for hydroxylation is 1. The lowest BCUT2D eigenvalue weighted by Crippen LogP contribution is -2.36. The Morgan fingerprint density at radius 2 is 2.20 bits per heavy atom. The van der Waals surface area contributed by atoms with E-state index in [0.717, 1.165) is 23.6 Å². The summed E-state index contributed by atoms with van der Waals surface area (Å²) in [6.07, 6.45) is 4.86. The van der Waals surface area contributed by atoms with Gasteiger partial charge in [0.2, 0.25) is 0 Å². The highest BCUT2D eigenvalue weighted by atomic mass is 15.2. The first kappa shape index (κ1) is 9.20. The maximum Gasteiger partial charge on any atom is 0.0555 e. The van der Waals surface area contributed by atoms with Crippen LogP contribution in [0.4, 0.5) is 5.69 Å². The molecule has 2 aliphatic rings. The molecule has 2 nitrogen and oxygen atoms in total. The van der Waals surface area contributed by atoms with Crippen molar-refractivity contribution >= 4 is 5.69 Å². The standard InChI is InChI=1S/C13H18N2/c1-9-5-11-6-13(9)15(8-11)12-4-3-10(2)14-7-12/h3-4,7,9,11,13H,5-6,8H2,1-2H3. The smallest absolute Gasteiger partial charge is 0.0555 e. The average molecular weight is 202 g/mol. The molecular formula is C13H18N2. The summed E-state index contributed by atoms with van der Waals surface area (Å²) in [7, 11) is 0. The molecule has 2 heteroatoms. The first-order chi connectivity index (χ1) is 7.24. The minimum Gasteiger partial charge on any atom is -0.367 e. The van der Waals surface area contributed by atoms with E-state index in [0.29, 0.717) is 0 Å². The molecule has 0 aromatic carbocycles. The zero-order valence-electron chi connectivity index (χ0n) is 9.48. The van der Waals surface area contributed by atoms with Gasteiger partial charge in [0, 0.05) is 18.3 Å². The number of anilines is 1. The van der Waals surface area contributed by atoms with Gasteiger partial charge in [-0.05, 0) is 43.7 Å². The number of nitrogens with zero attached hydrogens (tertiary/aromatic N) is 2. The quantitative estimate of drug-likeness (QED) is 0.696. The van der Waals surface area contributed by atoms with Gasteiger partial charge in [0.15, 0.2) is 0 Å². The first-order valence-electron chi connectivity index (χ1n) is 5.93. The van der Waals surface area contributed by atoms with Crippen LogP contribution in [0, 0.1) is 18.8 Å². The van der Waals surface area contributed by atoms with E-state index in [2.05, 4.69) is 28.9 Å². The fraction of sp³-hybridized carbons (Fsp3) is 0.615. The number of piperidine rings is 1. The SMILES string of the molecule is Cc1ccc(N2CC3CC(C)C2C3)cn1. The fourth-order valence-electron chi connectivity index (χ4n) is 3.28. The first-order valence-corrected chi connectivity index (χ1v) is 5.93. The second kappa shape index (κ2) is 3.22. The van der Waals surface area contributed by atoms with Crippen LogP contribution in [-0.2, 0) is 0 Å². The van der Waals surface area contributed by atoms with Crippen LogP contribution in [0.2, 0.25) is 0 Å². The van der Waals surface area contributed by atoms with Crippen LogP contribution in [0.1, 0.15) is 25.5 Å². The Morgan fingerprint density at radius 3 is 2.80 bits per heavy atom. The number of fused-ring (bicyclic) bond motifs is 2. The minimum absolute atomic E-state index is 0.777. The van der Waals surface area contributed by atoms with Crippen LogP contribution < -0.4 is 4.90 Å². The highest BCUT2D eigenvalue weighted by molar-refractivity contribution is 5.48.